The van der Waals surface area contributed by atoms with Crippen molar-refractivity contribution in [2.24, 2.45) is 0 Å². The first-order chi connectivity index (χ1) is 12.3. The van der Waals surface area contributed by atoms with E-state index in [0.29, 0.717) is 5.95 Å². The summed E-state index contributed by atoms with van der Waals surface area (Å²) in [6.07, 6.45) is 0.762. The van der Waals surface area contributed by atoms with Gasteiger partial charge in [0, 0.05) is 17.5 Å². The lowest BCUT2D eigenvalue weighted by atomic mass is 9.97. The third-order valence-corrected chi connectivity index (χ3v) is 4.93. The fraction of sp³-hybridized carbons (Fsp3) is 0.0476. The molecular formula is C21H17N3S. The van der Waals surface area contributed by atoms with E-state index in [4.69, 9.17) is 5.73 Å². The molecule has 0 amide bonds. The van der Waals surface area contributed by atoms with Crippen LogP contribution in [-0.4, -0.2) is 9.97 Å². The predicted octanol–water partition coefficient (Wildman–Crippen LogP) is 5.05. The van der Waals surface area contributed by atoms with Crippen LogP contribution in [0.4, 0.5) is 5.95 Å². The van der Waals surface area contributed by atoms with Crippen molar-refractivity contribution in [2.45, 2.75) is 6.42 Å². The standard InChI is InChI=1S/C21H17N3S/c22-21-23-19(16-10-5-2-6-11-16)17(14-15-8-3-1-4-9-15)20(24-21)18-12-7-13-25-18/h1-13H,14H2,(H2,22,23,24). The van der Waals surface area contributed by atoms with Crippen LogP contribution in [0.15, 0.2) is 78.2 Å². The van der Waals surface area contributed by atoms with Gasteiger partial charge in [-0.2, -0.15) is 0 Å². The third-order valence-electron chi connectivity index (χ3n) is 4.05. The summed E-state index contributed by atoms with van der Waals surface area (Å²) in [4.78, 5) is 10.3. The van der Waals surface area contributed by atoms with Gasteiger partial charge >= 0.3 is 0 Å². The maximum absolute atomic E-state index is 6.05. The second kappa shape index (κ2) is 6.87. The maximum Gasteiger partial charge on any atom is 0.221 e. The highest BCUT2D eigenvalue weighted by molar-refractivity contribution is 7.13. The molecule has 2 aromatic heterocycles. The highest BCUT2D eigenvalue weighted by atomic mass is 32.1. The van der Waals surface area contributed by atoms with Crippen molar-refractivity contribution < 1.29 is 0 Å². The van der Waals surface area contributed by atoms with Crippen molar-refractivity contribution in [3.63, 3.8) is 0 Å². The number of nitrogens with two attached hydrogens (primary N) is 1. The van der Waals surface area contributed by atoms with Crippen LogP contribution in [0, 0.1) is 0 Å². The lowest BCUT2D eigenvalue weighted by molar-refractivity contribution is 1.10. The van der Waals surface area contributed by atoms with E-state index in [1.807, 2.05) is 30.3 Å². The first-order valence-electron chi connectivity index (χ1n) is 8.11. The summed E-state index contributed by atoms with van der Waals surface area (Å²) in [5, 5.41) is 2.06. The molecule has 0 aliphatic heterocycles. The van der Waals surface area contributed by atoms with Crippen LogP contribution < -0.4 is 5.73 Å². The smallest absolute Gasteiger partial charge is 0.221 e. The van der Waals surface area contributed by atoms with E-state index in [9.17, 15) is 0 Å². The molecule has 0 bridgehead atoms. The van der Waals surface area contributed by atoms with Crippen molar-refractivity contribution in [3.8, 4) is 21.8 Å². The first-order valence-corrected chi connectivity index (χ1v) is 8.99. The summed E-state index contributed by atoms with van der Waals surface area (Å²) >= 11 is 1.67. The fourth-order valence-electron chi connectivity index (χ4n) is 2.92. The number of aromatic nitrogens is 2. The van der Waals surface area contributed by atoms with Gasteiger partial charge in [0.05, 0.1) is 16.3 Å². The number of hydrogen-bond acceptors (Lipinski definition) is 4. The number of rotatable bonds is 4. The van der Waals surface area contributed by atoms with Gasteiger partial charge in [-0.15, -0.1) is 11.3 Å². The van der Waals surface area contributed by atoms with Crippen molar-refractivity contribution in [2.75, 3.05) is 5.73 Å². The lowest BCUT2D eigenvalue weighted by Gasteiger charge is -2.14. The van der Waals surface area contributed by atoms with Gasteiger partial charge in [-0.1, -0.05) is 66.7 Å². The molecule has 0 radical (unpaired) electrons. The van der Waals surface area contributed by atoms with Crippen molar-refractivity contribution in [3.05, 3.63) is 89.3 Å². The largest absolute Gasteiger partial charge is 0.368 e. The Balaban J connectivity index is 1.94. The minimum Gasteiger partial charge on any atom is -0.368 e. The Morgan fingerprint density at radius 1 is 0.760 bits per heavy atom. The Morgan fingerprint density at radius 2 is 1.44 bits per heavy atom. The topological polar surface area (TPSA) is 51.8 Å². The molecule has 4 rings (SSSR count). The average molecular weight is 343 g/mol. The fourth-order valence-corrected chi connectivity index (χ4v) is 3.66. The minimum atomic E-state index is 0.305. The summed E-state index contributed by atoms with van der Waals surface area (Å²) in [5.41, 5.74) is 11.3. The van der Waals surface area contributed by atoms with Crippen LogP contribution in [0.3, 0.4) is 0 Å². The molecule has 0 unspecified atom stereocenters. The number of benzene rings is 2. The van der Waals surface area contributed by atoms with E-state index in [1.165, 1.54) is 5.56 Å². The summed E-state index contributed by atoms with van der Waals surface area (Å²) in [5.74, 6) is 0.305. The summed E-state index contributed by atoms with van der Waals surface area (Å²) < 4.78 is 0. The molecule has 25 heavy (non-hydrogen) atoms. The number of nitrogens with zero attached hydrogens (tertiary/aromatic N) is 2. The van der Waals surface area contributed by atoms with Crippen molar-refractivity contribution in [1.29, 1.82) is 0 Å². The van der Waals surface area contributed by atoms with Crippen LogP contribution in [-0.2, 0) is 6.42 Å². The van der Waals surface area contributed by atoms with Gasteiger partial charge in [-0.3, -0.25) is 0 Å². The monoisotopic (exact) mass is 343 g/mol. The molecule has 2 aromatic carbocycles. The van der Waals surface area contributed by atoms with Gasteiger partial charge in [-0.25, -0.2) is 9.97 Å². The molecule has 2 N–H and O–H groups in total. The molecule has 2 heterocycles. The van der Waals surface area contributed by atoms with Crippen molar-refractivity contribution in [1.82, 2.24) is 9.97 Å². The van der Waals surface area contributed by atoms with Crippen LogP contribution in [0.1, 0.15) is 11.1 Å². The molecular weight excluding hydrogens is 326 g/mol. The van der Waals surface area contributed by atoms with E-state index in [0.717, 1.165) is 33.8 Å². The normalized spacial score (nSPS) is 10.7. The molecule has 0 saturated heterocycles. The lowest BCUT2D eigenvalue weighted by Crippen LogP contribution is -2.05. The Morgan fingerprint density at radius 3 is 2.12 bits per heavy atom. The molecule has 0 spiro atoms. The van der Waals surface area contributed by atoms with Crippen LogP contribution >= 0.6 is 11.3 Å². The first kappa shape index (κ1) is 15.5. The van der Waals surface area contributed by atoms with Gasteiger partial charge in [0.15, 0.2) is 0 Å². The van der Waals surface area contributed by atoms with Crippen molar-refractivity contribution >= 4 is 17.3 Å². The molecule has 0 aliphatic carbocycles. The van der Waals surface area contributed by atoms with Gasteiger partial charge in [0.25, 0.3) is 0 Å². The molecule has 0 fully saturated rings. The number of anilines is 1. The molecule has 0 aliphatic rings. The molecule has 0 atom stereocenters. The summed E-state index contributed by atoms with van der Waals surface area (Å²) in [7, 11) is 0. The Kier molecular flexibility index (Phi) is 4.27. The number of nitrogen functional groups attached to an aromatic ring is 1. The van der Waals surface area contributed by atoms with Crippen LogP contribution in [0.5, 0.6) is 0 Å². The SMILES string of the molecule is Nc1nc(-c2ccccc2)c(Cc2ccccc2)c(-c2cccs2)n1. The molecule has 4 heteroatoms. The zero-order valence-electron chi connectivity index (χ0n) is 13.6. The van der Waals surface area contributed by atoms with Gasteiger partial charge in [-0.05, 0) is 17.0 Å². The number of thiophene rings is 1. The van der Waals surface area contributed by atoms with Gasteiger partial charge in [0.1, 0.15) is 0 Å². The summed E-state index contributed by atoms with van der Waals surface area (Å²) in [6, 6.07) is 24.7. The van der Waals surface area contributed by atoms with Gasteiger partial charge in [0.2, 0.25) is 5.95 Å². The molecule has 3 nitrogen and oxygen atoms in total. The number of hydrogen-bond donors (Lipinski definition) is 1. The van der Waals surface area contributed by atoms with Crippen LogP contribution in [0.2, 0.25) is 0 Å². The molecule has 0 saturated carbocycles. The molecule has 4 aromatic rings. The predicted molar refractivity (Wildman–Crippen MR) is 104 cm³/mol. The third kappa shape index (κ3) is 3.30. The quantitative estimate of drug-likeness (QED) is 0.564. The maximum atomic E-state index is 6.05. The average Bonchev–Trinajstić information content (AvgIpc) is 3.19. The Hall–Kier alpha value is -2.98. The van der Waals surface area contributed by atoms with E-state index in [2.05, 4.69) is 57.8 Å². The van der Waals surface area contributed by atoms with E-state index >= 15 is 0 Å². The second-order valence-electron chi connectivity index (χ2n) is 5.76. The Bertz CT molecular complexity index is 965. The van der Waals surface area contributed by atoms with E-state index in [-0.39, 0.29) is 0 Å². The molecule has 122 valence electrons. The highest BCUT2D eigenvalue weighted by Gasteiger charge is 2.17. The Labute approximate surface area is 150 Å². The summed E-state index contributed by atoms with van der Waals surface area (Å²) in [6.45, 7) is 0. The second-order valence-corrected chi connectivity index (χ2v) is 6.71. The minimum absolute atomic E-state index is 0.305. The zero-order valence-corrected chi connectivity index (χ0v) is 14.4. The van der Waals surface area contributed by atoms with Gasteiger partial charge < -0.3 is 5.73 Å². The van der Waals surface area contributed by atoms with E-state index < -0.39 is 0 Å². The van der Waals surface area contributed by atoms with E-state index in [1.54, 1.807) is 11.3 Å². The zero-order chi connectivity index (χ0) is 17.1. The highest BCUT2D eigenvalue weighted by Crippen LogP contribution is 2.34. The van der Waals surface area contributed by atoms with Crippen LogP contribution in [0.25, 0.3) is 21.8 Å².